The van der Waals surface area contributed by atoms with Crippen molar-refractivity contribution < 1.29 is 14.2 Å². The molecule has 1 heterocycles. The van der Waals surface area contributed by atoms with Gasteiger partial charge in [0, 0.05) is 29.6 Å². The molecule has 0 aliphatic carbocycles. The van der Waals surface area contributed by atoms with E-state index in [0.29, 0.717) is 4.88 Å². The predicted molar refractivity (Wildman–Crippen MR) is 71.4 cm³/mol. The van der Waals surface area contributed by atoms with Gasteiger partial charge in [-0.05, 0) is 12.1 Å². The monoisotopic (exact) mass is 297 g/mol. The minimum absolute atomic E-state index is 0.0180. The van der Waals surface area contributed by atoms with Crippen molar-refractivity contribution in [1.82, 2.24) is 0 Å². The van der Waals surface area contributed by atoms with Gasteiger partial charge in [-0.25, -0.2) is 4.39 Å². The summed E-state index contributed by atoms with van der Waals surface area (Å²) in [5.41, 5.74) is -0.219. The molecule has 2 aromatic rings. The molecule has 0 aliphatic heterocycles. The van der Waals surface area contributed by atoms with Gasteiger partial charge in [0.05, 0.1) is 9.85 Å². The molecule has 0 bridgehead atoms. The molecule has 1 N–H and O–H groups in total. The van der Waals surface area contributed by atoms with Crippen molar-refractivity contribution in [2.24, 2.45) is 0 Å². The zero-order chi connectivity index (χ0) is 14.7. The highest BCUT2D eigenvalue weighted by molar-refractivity contribution is 7.15. The molecule has 0 saturated heterocycles. The Hall–Kier alpha value is -2.55. The molecule has 0 saturated carbocycles. The zero-order valence-electron chi connectivity index (χ0n) is 9.91. The van der Waals surface area contributed by atoms with E-state index in [4.69, 9.17) is 0 Å². The Labute approximate surface area is 116 Å². The van der Waals surface area contributed by atoms with Crippen LogP contribution >= 0.6 is 11.3 Å². The molecule has 0 amide bonds. The third kappa shape index (κ3) is 3.06. The Balaban J connectivity index is 2.15. The first-order valence-corrected chi connectivity index (χ1v) is 6.20. The number of benzene rings is 1. The summed E-state index contributed by atoms with van der Waals surface area (Å²) in [7, 11) is 0. The molecule has 2 rings (SSSR count). The minimum Gasteiger partial charge on any atom is -0.375 e. The van der Waals surface area contributed by atoms with E-state index in [9.17, 15) is 24.6 Å². The van der Waals surface area contributed by atoms with Crippen molar-refractivity contribution in [3.8, 4) is 0 Å². The van der Waals surface area contributed by atoms with E-state index in [1.165, 1.54) is 6.07 Å². The number of hydrogen-bond acceptors (Lipinski definition) is 6. The zero-order valence-corrected chi connectivity index (χ0v) is 10.7. The van der Waals surface area contributed by atoms with E-state index in [2.05, 4.69) is 5.32 Å². The quantitative estimate of drug-likeness (QED) is 0.674. The molecule has 1 aromatic carbocycles. The summed E-state index contributed by atoms with van der Waals surface area (Å²) in [6.45, 7) is 0.142. The van der Waals surface area contributed by atoms with Crippen LogP contribution in [0.25, 0.3) is 0 Å². The normalized spacial score (nSPS) is 10.2. The minimum atomic E-state index is -0.626. The second kappa shape index (κ2) is 5.61. The summed E-state index contributed by atoms with van der Waals surface area (Å²) in [5.74, 6) is -0.602. The predicted octanol–water partition coefficient (Wildman–Crippen LogP) is 3.32. The van der Waals surface area contributed by atoms with Gasteiger partial charge in [-0.3, -0.25) is 20.2 Å². The molecule has 20 heavy (non-hydrogen) atoms. The van der Waals surface area contributed by atoms with Crippen molar-refractivity contribution in [1.29, 1.82) is 0 Å². The number of nitrogens with one attached hydrogen (secondary N) is 1. The Morgan fingerprint density at radius 2 is 1.90 bits per heavy atom. The van der Waals surface area contributed by atoms with E-state index in [0.717, 1.165) is 29.5 Å². The van der Waals surface area contributed by atoms with Crippen LogP contribution in [0.5, 0.6) is 0 Å². The highest BCUT2D eigenvalue weighted by atomic mass is 32.1. The number of hydrogen-bond donors (Lipinski definition) is 1. The number of nitro groups is 2. The summed E-state index contributed by atoms with van der Waals surface area (Å²) in [4.78, 5) is 20.8. The fourth-order valence-corrected chi connectivity index (χ4v) is 2.31. The standard InChI is InChI=1S/C11H8FN3O4S/c12-7-1-3-10(14(16)17)9(5-7)13-6-8-2-4-11(20-8)15(18)19/h1-5,13H,6H2. The van der Waals surface area contributed by atoms with Crippen LogP contribution in [-0.2, 0) is 6.54 Å². The van der Waals surface area contributed by atoms with Crippen molar-refractivity contribution >= 4 is 27.7 Å². The molecule has 7 nitrogen and oxygen atoms in total. The van der Waals surface area contributed by atoms with Gasteiger partial charge < -0.3 is 5.32 Å². The number of halogens is 1. The molecule has 0 aliphatic rings. The lowest BCUT2D eigenvalue weighted by Gasteiger charge is -2.05. The van der Waals surface area contributed by atoms with Gasteiger partial charge in [-0.15, -0.1) is 0 Å². The van der Waals surface area contributed by atoms with Gasteiger partial charge in [0.2, 0.25) is 0 Å². The van der Waals surface area contributed by atoms with Crippen LogP contribution < -0.4 is 5.32 Å². The molecule has 0 fully saturated rings. The fourth-order valence-electron chi connectivity index (χ4n) is 1.55. The molecular formula is C11H8FN3O4S. The molecule has 0 unspecified atom stereocenters. The van der Waals surface area contributed by atoms with Gasteiger partial charge in [-0.2, -0.15) is 0 Å². The Bertz CT molecular complexity index is 673. The van der Waals surface area contributed by atoms with Crippen LogP contribution in [0.3, 0.4) is 0 Å². The molecule has 1 aromatic heterocycles. The molecule has 0 atom stereocenters. The first kappa shape index (κ1) is 13.9. The first-order valence-electron chi connectivity index (χ1n) is 5.38. The highest BCUT2D eigenvalue weighted by Crippen LogP contribution is 2.28. The topological polar surface area (TPSA) is 98.3 Å². The Kier molecular flexibility index (Phi) is 3.89. The smallest absolute Gasteiger partial charge is 0.324 e. The van der Waals surface area contributed by atoms with Gasteiger partial charge >= 0.3 is 5.00 Å². The lowest BCUT2D eigenvalue weighted by Crippen LogP contribution is -2.02. The van der Waals surface area contributed by atoms with Gasteiger partial charge in [0.1, 0.15) is 11.5 Å². The summed E-state index contributed by atoms with van der Waals surface area (Å²) < 4.78 is 13.1. The number of rotatable bonds is 5. The molecule has 0 radical (unpaired) electrons. The number of thiophene rings is 1. The highest BCUT2D eigenvalue weighted by Gasteiger charge is 2.15. The Morgan fingerprint density at radius 1 is 1.15 bits per heavy atom. The van der Waals surface area contributed by atoms with Crippen molar-refractivity contribution in [2.45, 2.75) is 6.54 Å². The van der Waals surface area contributed by atoms with Crippen molar-refractivity contribution in [2.75, 3.05) is 5.32 Å². The number of nitro benzene ring substituents is 1. The average molecular weight is 297 g/mol. The van der Waals surface area contributed by atoms with E-state index in [1.807, 2.05) is 0 Å². The molecule has 104 valence electrons. The van der Waals surface area contributed by atoms with Crippen LogP contribution in [0, 0.1) is 26.0 Å². The van der Waals surface area contributed by atoms with E-state index in [1.54, 1.807) is 6.07 Å². The third-order valence-electron chi connectivity index (χ3n) is 2.44. The number of anilines is 1. The largest absolute Gasteiger partial charge is 0.375 e. The lowest BCUT2D eigenvalue weighted by molar-refractivity contribution is -0.384. The summed E-state index contributed by atoms with van der Waals surface area (Å²) in [6.07, 6.45) is 0. The summed E-state index contributed by atoms with van der Waals surface area (Å²) in [5, 5.41) is 24.0. The molecule has 9 heteroatoms. The van der Waals surface area contributed by atoms with Crippen LogP contribution in [0.4, 0.5) is 20.8 Å². The van der Waals surface area contributed by atoms with E-state index < -0.39 is 15.7 Å². The van der Waals surface area contributed by atoms with Crippen LogP contribution in [0.2, 0.25) is 0 Å². The Morgan fingerprint density at radius 3 is 2.50 bits per heavy atom. The number of nitrogens with zero attached hydrogens (tertiary/aromatic N) is 2. The SMILES string of the molecule is O=[N+]([O-])c1ccc(CNc2cc(F)ccc2[N+](=O)[O-])s1. The van der Waals surface area contributed by atoms with Crippen molar-refractivity contribution in [3.05, 3.63) is 61.3 Å². The van der Waals surface area contributed by atoms with E-state index >= 15 is 0 Å². The van der Waals surface area contributed by atoms with Gasteiger partial charge in [0.25, 0.3) is 5.69 Å². The first-order chi connectivity index (χ1) is 9.47. The fraction of sp³-hybridized carbons (Fsp3) is 0.0909. The van der Waals surface area contributed by atoms with E-state index in [-0.39, 0.29) is 22.9 Å². The van der Waals surface area contributed by atoms with Crippen LogP contribution in [-0.4, -0.2) is 9.85 Å². The molecule has 0 spiro atoms. The maximum Gasteiger partial charge on any atom is 0.324 e. The second-order valence-corrected chi connectivity index (χ2v) is 4.92. The lowest BCUT2D eigenvalue weighted by atomic mass is 10.2. The average Bonchev–Trinajstić information content (AvgIpc) is 2.85. The maximum atomic E-state index is 13.1. The summed E-state index contributed by atoms with van der Waals surface area (Å²) >= 11 is 0.953. The third-order valence-corrected chi connectivity index (χ3v) is 3.47. The maximum absolute atomic E-state index is 13.1. The molecular weight excluding hydrogens is 289 g/mol. The second-order valence-electron chi connectivity index (χ2n) is 3.77. The van der Waals surface area contributed by atoms with Crippen LogP contribution in [0.1, 0.15) is 4.88 Å². The van der Waals surface area contributed by atoms with Gasteiger partial charge in [0.15, 0.2) is 0 Å². The summed E-state index contributed by atoms with van der Waals surface area (Å²) in [6, 6.07) is 5.97. The van der Waals surface area contributed by atoms with Crippen molar-refractivity contribution in [3.63, 3.8) is 0 Å². The van der Waals surface area contributed by atoms with Crippen LogP contribution in [0.15, 0.2) is 30.3 Å². The van der Waals surface area contributed by atoms with Gasteiger partial charge in [-0.1, -0.05) is 11.3 Å².